The fourth-order valence-electron chi connectivity index (χ4n) is 3.78. The third-order valence-corrected chi connectivity index (χ3v) is 7.55. The highest BCUT2D eigenvalue weighted by atomic mass is 32.2. The number of carbonyl (C=O) groups is 1. The smallest absolute Gasteiger partial charge is 0.247 e. The van der Waals surface area contributed by atoms with E-state index in [-0.39, 0.29) is 10.8 Å². The molecule has 1 aliphatic heterocycles. The van der Waals surface area contributed by atoms with Gasteiger partial charge < -0.3 is 14.2 Å². The van der Waals surface area contributed by atoms with Gasteiger partial charge in [0.2, 0.25) is 21.7 Å². The lowest BCUT2D eigenvalue weighted by Crippen LogP contribution is -2.32. The van der Waals surface area contributed by atoms with E-state index in [1.807, 2.05) is 42.5 Å². The van der Waals surface area contributed by atoms with Crippen molar-refractivity contribution < 1.29 is 27.4 Å². The van der Waals surface area contributed by atoms with Crippen LogP contribution in [-0.2, 0) is 21.2 Å². The summed E-state index contributed by atoms with van der Waals surface area (Å²) in [6, 6.07) is 18.7. The highest BCUT2D eigenvalue weighted by Gasteiger charge is 2.39. The van der Waals surface area contributed by atoms with E-state index in [2.05, 4.69) is 4.99 Å². The largest absolute Gasteiger partial charge is 0.493 e. The highest BCUT2D eigenvalue weighted by molar-refractivity contribution is 8.16. The number of hydrogen-bond donors (Lipinski definition) is 1. The second-order valence-corrected chi connectivity index (χ2v) is 10.5. The Kier molecular flexibility index (Phi) is 7.53. The second-order valence-electron chi connectivity index (χ2n) is 7.79. The standard InChI is InChI=1S/C25H25N3O6S2/c1-32-20-13-16(14-21(33-2)23(20)34-3)15-22-24(29)28(18-7-5-4-6-8-18)25(35-22)27-17-9-11-19(12-10-17)36(26,30)31/h4-14,22H,15H2,1-3H3,(H2,26,30,31). The van der Waals surface area contributed by atoms with Crippen molar-refractivity contribution in [2.24, 2.45) is 10.1 Å². The number of thioether (sulfide) groups is 1. The van der Waals surface area contributed by atoms with E-state index in [1.54, 1.807) is 31.3 Å². The Morgan fingerprint density at radius 1 is 0.944 bits per heavy atom. The number of anilines is 1. The van der Waals surface area contributed by atoms with E-state index in [4.69, 9.17) is 19.3 Å². The summed E-state index contributed by atoms with van der Waals surface area (Å²) >= 11 is 1.33. The summed E-state index contributed by atoms with van der Waals surface area (Å²) in [7, 11) is 0.800. The zero-order chi connectivity index (χ0) is 25.9. The number of amidine groups is 1. The number of primary sulfonamides is 1. The molecule has 1 heterocycles. The van der Waals surface area contributed by atoms with Crippen molar-refractivity contribution in [2.75, 3.05) is 26.2 Å². The van der Waals surface area contributed by atoms with Gasteiger partial charge in [0.05, 0.1) is 42.8 Å². The summed E-state index contributed by atoms with van der Waals surface area (Å²) in [5.74, 6) is 1.36. The fourth-order valence-corrected chi connectivity index (χ4v) is 5.49. The summed E-state index contributed by atoms with van der Waals surface area (Å²) in [4.78, 5) is 19.8. The van der Waals surface area contributed by atoms with Gasteiger partial charge in [0.15, 0.2) is 16.7 Å². The average Bonchev–Trinajstić information content (AvgIpc) is 3.17. The van der Waals surface area contributed by atoms with Crippen molar-refractivity contribution in [1.82, 2.24) is 0 Å². The highest BCUT2D eigenvalue weighted by Crippen LogP contribution is 2.41. The summed E-state index contributed by atoms with van der Waals surface area (Å²) in [5.41, 5.74) is 2.01. The molecule has 2 N–H and O–H groups in total. The number of carbonyl (C=O) groups excluding carboxylic acids is 1. The minimum Gasteiger partial charge on any atom is -0.493 e. The lowest BCUT2D eigenvalue weighted by Gasteiger charge is -2.17. The molecule has 3 aromatic rings. The summed E-state index contributed by atoms with van der Waals surface area (Å²) < 4.78 is 39.5. The number of nitrogens with zero attached hydrogens (tertiary/aromatic N) is 2. The first-order chi connectivity index (χ1) is 17.2. The third-order valence-electron chi connectivity index (χ3n) is 5.48. The first-order valence-corrected chi connectivity index (χ1v) is 13.2. The van der Waals surface area contributed by atoms with Crippen LogP contribution in [0.5, 0.6) is 17.2 Å². The molecule has 0 bridgehead atoms. The lowest BCUT2D eigenvalue weighted by molar-refractivity contribution is -0.116. The van der Waals surface area contributed by atoms with Crippen LogP contribution >= 0.6 is 11.8 Å². The summed E-state index contributed by atoms with van der Waals surface area (Å²) in [5, 5.41) is 5.21. The normalized spacial score (nSPS) is 16.9. The zero-order valence-electron chi connectivity index (χ0n) is 19.9. The molecule has 0 aliphatic carbocycles. The summed E-state index contributed by atoms with van der Waals surface area (Å²) in [6.45, 7) is 0. The number of hydrogen-bond acceptors (Lipinski definition) is 8. The summed E-state index contributed by atoms with van der Waals surface area (Å²) in [6.07, 6.45) is 0.396. The number of ether oxygens (including phenoxy) is 3. The van der Waals surface area contributed by atoms with Gasteiger partial charge in [-0.1, -0.05) is 30.0 Å². The maximum Gasteiger partial charge on any atom is 0.247 e. The molecule has 0 aromatic heterocycles. The molecule has 1 fully saturated rings. The third kappa shape index (κ3) is 5.32. The molecule has 36 heavy (non-hydrogen) atoms. The van der Waals surface area contributed by atoms with E-state index in [0.717, 1.165) is 5.56 Å². The fraction of sp³-hybridized carbons (Fsp3) is 0.200. The monoisotopic (exact) mass is 527 g/mol. The second kappa shape index (κ2) is 10.6. The predicted octanol–water partition coefficient (Wildman–Crippen LogP) is 3.74. The Morgan fingerprint density at radius 2 is 1.56 bits per heavy atom. The van der Waals surface area contributed by atoms with Gasteiger partial charge in [-0.2, -0.15) is 0 Å². The van der Waals surface area contributed by atoms with Crippen LogP contribution in [0, 0.1) is 0 Å². The lowest BCUT2D eigenvalue weighted by atomic mass is 10.1. The van der Waals surface area contributed by atoms with Gasteiger partial charge in [-0.15, -0.1) is 0 Å². The molecule has 1 unspecified atom stereocenters. The van der Waals surface area contributed by atoms with Crippen molar-refractivity contribution in [1.29, 1.82) is 0 Å². The zero-order valence-corrected chi connectivity index (χ0v) is 21.5. The van der Waals surface area contributed by atoms with Crippen LogP contribution in [0.2, 0.25) is 0 Å². The molecular weight excluding hydrogens is 502 g/mol. The van der Waals surface area contributed by atoms with Crippen molar-refractivity contribution >= 4 is 44.2 Å². The first kappa shape index (κ1) is 25.5. The molecule has 1 aliphatic rings. The van der Waals surface area contributed by atoms with Crippen molar-refractivity contribution in [3.8, 4) is 17.2 Å². The molecule has 0 saturated carbocycles. The minimum atomic E-state index is -3.82. The average molecular weight is 528 g/mol. The van der Waals surface area contributed by atoms with Gasteiger partial charge in [0.1, 0.15) is 0 Å². The molecule has 3 aromatic carbocycles. The van der Waals surface area contributed by atoms with Crippen LogP contribution in [0.3, 0.4) is 0 Å². The van der Waals surface area contributed by atoms with Gasteiger partial charge in [-0.05, 0) is 60.5 Å². The van der Waals surface area contributed by atoms with E-state index in [0.29, 0.717) is 40.2 Å². The van der Waals surface area contributed by atoms with E-state index in [9.17, 15) is 13.2 Å². The van der Waals surface area contributed by atoms with Crippen LogP contribution < -0.4 is 24.2 Å². The van der Waals surface area contributed by atoms with Gasteiger partial charge in [-0.25, -0.2) is 18.5 Å². The molecule has 1 amide bonds. The number of para-hydroxylation sites is 1. The Morgan fingerprint density at radius 3 is 2.08 bits per heavy atom. The molecule has 1 atom stereocenters. The van der Waals surface area contributed by atoms with Crippen LogP contribution in [-0.4, -0.2) is 46.1 Å². The number of sulfonamides is 1. The van der Waals surface area contributed by atoms with Gasteiger partial charge >= 0.3 is 0 Å². The Labute approximate surface area is 213 Å². The first-order valence-electron chi connectivity index (χ1n) is 10.8. The Bertz CT molecular complexity index is 1370. The van der Waals surface area contributed by atoms with E-state index >= 15 is 0 Å². The molecule has 9 nitrogen and oxygen atoms in total. The number of amides is 1. The van der Waals surface area contributed by atoms with E-state index in [1.165, 1.54) is 31.0 Å². The molecule has 1 saturated heterocycles. The van der Waals surface area contributed by atoms with Crippen LogP contribution in [0.4, 0.5) is 11.4 Å². The Balaban J connectivity index is 1.69. The van der Waals surface area contributed by atoms with Crippen molar-refractivity contribution in [3.05, 3.63) is 72.3 Å². The van der Waals surface area contributed by atoms with Crippen LogP contribution in [0.1, 0.15) is 5.56 Å². The molecule has 0 spiro atoms. The van der Waals surface area contributed by atoms with Gasteiger partial charge in [0.25, 0.3) is 0 Å². The quantitative estimate of drug-likeness (QED) is 0.474. The molecule has 11 heteroatoms. The number of benzene rings is 3. The number of methoxy groups -OCH3 is 3. The van der Waals surface area contributed by atoms with Crippen LogP contribution in [0.25, 0.3) is 0 Å². The number of rotatable bonds is 8. The molecule has 188 valence electrons. The topological polar surface area (TPSA) is 121 Å². The maximum atomic E-state index is 13.6. The number of aliphatic imine (C=N–C) groups is 1. The van der Waals surface area contributed by atoms with E-state index < -0.39 is 15.3 Å². The predicted molar refractivity (Wildman–Crippen MR) is 140 cm³/mol. The van der Waals surface area contributed by atoms with Crippen LogP contribution in [0.15, 0.2) is 76.6 Å². The molecular formula is C25H25N3O6S2. The van der Waals surface area contributed by atoms with Gasteiger partial charge in [-0.3, -0.25) is 9.69 Å². The van der Waals surface area contributed by atoms with Crippen molar-refractivity contribution in [2.45, 2.75) is 16.6 Å². The Hall–Kier alpha value is -3.54. The SMILES string of the molecule is COc1cc(CC2SC(=Nc3ccc(S(N)(=O)=O)cc3)N(c3ccccc3)C2=O)cc(OC)c1OC. The minimum absolute atomic E-state index is 0.0122. The van der Waals surface area contributed by atoms with Gasteiger partial charge in [0, 0.05) is 0 Å². The number of nitrogens with two attached hydrogens (primary N) is 1. The molecule has 0 radical (unpaired) electrons. The molecule has 4 rings (SSSR count). The van der Waals surface area contributed by atoms with Crippen molar-refractivity contribution in [3.63, 3.8) is 0 Å². The maximum absolute atomic E-state index is 13.6.